The fourth-order valence-electron chi connectivity index (χ4n) is 2.31. The van der Waals surface area contributed by atoms with Crippen LogP contribution in [-0.2, 0) is 0 Å². The first kappa shape index (κ1) is 14.1. The summed E-state index contributed by atoms with van der Waals surface area (Å²) in [6, 6.07) is 7.73. The normalized spacial score (nSPS) is 11.0. The van der Waals surface area contributed by atoms with Gasteiger partial charge in [-0.2, -0.15) is 0 Å². The molecule has 3 rings (SSSR count). The monoisotopic (exact) mass is 295 g/mol. The summed E-state index contributed by atoms with van der Waals surface area (Å²) in [7, 11) is 0. The summed E-state index contributed by atoms with van der Waals surface area (Å²) < 4.78 is 1.74. The Balaban J connectivity index is 2.14. The number of pyridine rings is 1. The number of primary amides is 1. The van der Waals surface area contributed by atoms with E-state index in [1.807, 2.05) is 38.2 Å². The molecule has 0 aliphatic carbocycles. The Labute approximate surface area is 128 Å². The second-order valence-corrected chi connectivity index (χ2v) is 5.40. The van der Waals surface area contributed by atoms with Crippen molar-refractivity contribution in [1.82, 2.24) is 14.6 Å². The van der Waals surface area contributed by atoms with E-state index >= 15 is 0 Å². The fraction of sp³-hybridized carbons (Fsp3) is 0.188. The zero-order valence-electron chi connectivity index (χ0n) is 12.4. The molecule has 0 aliphatic heterocycles. The van der Waals surface area contributed by atoms with Crippen LogP contribution in [0.5, 0.6) is 0 Å². The third-order valence-corrected chi connectivity index (χ3v) is 3.29. The molecule has 3 aromatic rings. The molecule has 0 aliphatic rings. The van der Waals surface area contributed by atoms with Gasteiger partial charge in [0, 0.05) is 30.2 Å². The van der Waals surface area contributed by atoms with Crippen molar-refractivity contribution >= 4 is 17.2 Å². The first-order chi connectivity index (χ1) is 10.5. The minimum Gasteiger partial charge on any atom is -0.366 e. The minimum atomic E-state index is -0.496. The number of nitrogens with zero attached hydrogens (tertiary/aromatic N) is 3. The standard InChI is InChI=1S/C16H17N5O/c1-10(2)19-16-14(15(17)22)8-13-7-12(9-21(13)20-16)11-3-5-18-6-4-11/h3-10H,1-2H3,(H2,17,22)(H,19,20). The molecule has 0 radical (unpaired) electrons. The van der Waals surface area contributed by atoms with E-state index < -0.39 is 5.91 Å². The Morgan fingerprint density at radius 2 is 1.95 bits per heavy atom. The van der Waals surface area contributed by atoms with Gasteiger partial charge in [0.1, 0.15) is 0 Å². The number of nitrogens with one attached hydrogen (secondary N) is 1. The van der Waals surface area contributed by atoms with Gasteiger partial charge in [0.15, 0.2) is 5.82 Å². The summed E-state index contributed by atoms with van der Waals surface area (Å²) >= 11 is 0. The maximum Gasteiger partial charge on any atom is 0.252 e. The maximum absolute atomic E-state index is 11.6. The molecule has 3 heterocycles. The highest BCUT2D eigenvalue weighted by Crippen LogP contribution is 2.24. The number of aromatic nitrogens is 3. The van der Waals surface area contributed by atoms with Gasteiger partial charge in [0.2, 0.25) is 0 Å². The van der Waals surface area contributed by atoms with E-state index in [1.54, 1.807) is 23.0 Å². The maximum atomic E-state index is 11.6. The summed E-state index contributed by atoms with van der Waals surface area (Å²) in [5.41, 5.74) is 8.71. The number of carbonyl (C=O) groups excluding carboxylic acids is 1. The van der Waals surface area contributed by atoms with Crippen LogP contribution in [0.1, 0.15) is 24.2 Å². The average molecular weight is 295 g/mol. The molecule has 6 heteroatoms. The second-order valence-electron chi connectivity index (χ2n) is 5.40. The third kappa shape index (κ3) is 2.63. The van der Waals surface area contributed by atoms with Gasteiger partial charge in [0.25, 0.3) is 5.91 Å². The van der Waals surface area contributed by atoms with Gasteiger partial charge in [-0.1, -0.05) is 0 Å². The predicted octanol–water partition coefficient (Wildman–Crippen LogP) is 2.32. The molecule has 0 saturated heterocycles. The number of hydrogen-bond acceptors (Lipinski definition) is 4. The van der Waals surface area contributed by atoms with Crippen LogP contribution in [0.2, 0.25) is 0 Å². The first-order valence-corrected chi connectivity index (χ1v) is 7.05. The number of anilines is 1. The highest BCUT2D eigenvalue weighted by Gasteiger charge is 2.14. The smallest absolute Gasteiger partial charge is 0.252 e. The van der Waals surface area contributed by atoms with Crippen molar-refractivity contribution in [2.45, 2.75) is 19.9 Å². The molecule has 6 nitrogen and oxygen atoms in total. The van der Waals surface area contributed by atoms with Gasteiger partial charge >= 0.3 is 0 Å². The van der Waals surface area contributed by atoms with Crippen LogP contribution in [0.4, 0.5) is 5.82 Å². The molecule has 0 bridgehead atoms. The number of amides is 1. The molecule has 22 heavy (non-hydrogen) atoms. The molecule has 3 aromatic heterocycles. The van der Waals surface area contributed by atoms with Gasteiger partial charge in [-0.25, -0.2) is 4.52 Å². The molecule has 3 N–H and O–H groups in total. The highest BCUT2D eigenvalue weighted by atomic mass is 16.1. The topological polar surface area (TPSA) is 85.3 Å². The van der Waals surface area contributed by atoms with Gasteiger partial charge in [-0.05, 0) is 43.7 Å². The molecule has 0 fully saturated rings. The summed E-state index contributed by atoms with van der Waals surface area (Å²) in [4.78, 5) is 15.7. The summed E-state index contributed by atoms with van der Waals surface area (Å²) in [5.74, 6) is -0.00307. The largest absolute Gasteiger partial charge is 0.366 e. The summed E-state index contributed by atoms with van der Waals surface area (Å²) in [5, 5.41) is 7.62. The van der Waals surface area contributed by atoms with Crippen LogP contribution in [-0.4, -0.2) is 26.5 Å². The zero-order chi connectivity index (χ0) is 15.7. The van der Waals surface area contributed by atoms with Crippen molar-refractivity contribution in [3.8, 4) is 11.1 Å². The fourth-order valence-corrected chi connectivity index (χ4v) is 2.31. The van der Waals surface area contributed by atoms with Gasteiger partial charge in [0.05, 0.1) is 11.1 Å². The Bertz CT molecular complexity index is 823. The Morgan fingerprint density at radius 3 is 2.59 bits per heavy atom. The predicted molar refractivity (Wildman–Crippen MR) is 85.7 cm³/mol. The Morgan fingerprint density at radius 1 is 1.23 bits per heavy atom. The molecule has 0 aromatic carbocycles. The van der Waals surface area contributed by atoms with Crippen molar-refractivity contribution in [2.75, 3.05) is 5.32 Å². The zero-order valence-corrected chi connectivity index (χ0v) is 12.4. The molecule has 112 valence electrons. The van der Waals surface area contributed by atoms with Crippen molar-refractivity contribution in [2.24, 2.45) is 5.73 Å². The first-order valence-electron chi connectivity index (χ1n) is 7.05. The lowest BCUT2D eigenvalue weighted by molar-refractivity contribution is 0.100. The Kier molecular flexibility index (Phi) is 3.50. The lowest BCUT2D eigenvalue weighted by Gasteiger charge is -2.12. The van der Waals surface area contributed by atoms with E-state index in [1.165, 1.54) is 0 Å². The average Bonchev–Trinajstić information content (AvgIpc) is 2.89. The number of rotatable bonds is 4. The lowest BCUT2D eigenvalue weighted by atomic mass is 10.1. The van der Waals surface area contributed by atoms with E-state index in [4.69, 9.17) is 5.73 Å². The molecule has 1 amide bonds. The van der Waals surface area contributed by atoms with E-state index in [0.717, 1.165) is 16.6 Å². The van der Waals surface area contributed by atoms with E-state index in [0.29, 0.717) is 11.4 Å². The molecular formula is C16H17N5O. The summed E-state index contributed by atoms with van der Waals surface area (Å²) in [6.45, 7) is 3.96. The van der Waals surface area contributed by atoms with Crippen molar-refractivity contribution in [1.29, 1.82) is 0 Å². The number of fused-ring (bicyclic) bond motifs is 1. The number of carbonyl (C=O) groups is 1. The molecule has 0 atom stereocenters. The van der Waals surface area contributed by atoms with Gasteiger partial charge in [-0.3, -0.25) is 9.78 Å². The van der Waals surface area contributed by atoms with Crippen LogP contribution in [0.15, 0.2) is 42.9 Å². The van der Waals surface area contributed by atoms with E-state index in [2.05, 4.69) is 15.4 Å². The molecule has 0 unspecified atom stereocenters. The minimum absolute atomic E-state index is 0.151. The van der Waals surface area contributed by atoms with Gasteiger partial charge < -0.3 is 11.1 Å². The van der Waals surface area contributed by atoms with Crippen molar-refractivity contribution in [3.63, 3.8) is 0 Å². The summed E-state index contributed by atoms with van der Waals surface area (Å²) in [6.07, 6.45) is 5.40. The third-order valence-electron chi connectivity index (χ3n) is 3.29. The van der Waals surface area contributed by atoms with Crippen molar-refractivity contribution < 1.29 is 4.79 Å². The lowest BCUT2D eigenvalue weighted by Crippen LogP contribution is -2.20. The van der Waals surface area contributed by atoms with E-state index in [9.17, 15) is 4.79 Å². The highest BCUT2D eigenvalue weighted by molar-refractivity contribution is 5.98. The van der Waals surface area contributed by atoms with Gasteiger partial charge in [-0.15, -0.1) is 5.10 Å². The van der Waals surface area contributed by atoms with Crippen LogP contribution >= 0.6 is 0 Å². The van der Waals surface area contributed by atoms with E-state index in [-0.39, 0.29) is 6.04 Å². The quantitative estimate of drug-likeness (QED) is 0.773. The van der Waals surface area contributed by atoms with Crippen LogP contribution in [0, 0.1) is 0 Å². The SMILES string of the molecule is CC(C)Nc1nn2cc(-c3ccncc3)cc2cc1C(N)=O. The van der Waals surface area contributed by atoms with Crippen molar-refractivity contribution in [3.05, 3.63) is 48.4 Å². The van der Waals surface area contributed by atoms with Crippen LogP contribution in [0.25, 0.3) is 16.6 Å². The molecule has 0 spiro atoms. The molecular weight excluding hydrogens is 278 g/mol. The number of nitrogens with two attached hydrogens (primary N) is 1. The molecule has 0 saturated carbocycles. The van der Waals surface area contributed by atoms with Crippen LogP contribution < -0.4 is 11.1 Å². The van der Waals surface area contributed by atoms with Crippen LogP contribution in [0.3, 0.4) is 0 Å². The number of hydrogen-bond donors (Lipinski definition) is 2. The second kappa shape index (κ2) is 5.48. The Hall–Kier alpha value is -2.89.